The van der Waals surface area contributed by atoms with E-state index in [4.69, 9.17) is 16.3 Å². The van der Waals surface area contributed by atoms with Gasteiger partial charge in [-0.3, -0.25) is 4.90 Å². The van der Waals surface area contributed by atoms with Crippen molar-refractivity contribution in [1.29, 1.82) is 0 Å². The predicted octanol–water partition coefficient (Wildman–Crippen LogP) is 3.70. The molecule has 132 valence electrons. The van der Waals surface area contributed by atoms with Gasteiger partial charge in [-0.25, -0.2) is 4.79 Å². The maximum absolute atomic E-state index is 12.4. The van der Waals surface area contributed by atoms with Crippen LogP contribution in [0.5, 0.6) is 5.75 Å². The summed E-state index contributed by atoms with van der Waals surface area (Å²) in [5.41, 5.74) is 1.94. The summed E-state index contributed by atoms with van der Waals surface area (Å²) < 4.78 is 5.18. The van der Waals surface area contributed by atoms with E-state index < -0.39 is 0 Å². The Hall–Kier alpha value is -2.24. The fourth-order valence-corrected chi connectivity index (χ4v) is 3.12. The van der Waals surface area contributed by atoms with Crippen LogP contribution in [0.15, 0.2) is 48.5 Å². The molecule has 0 aliphatic carbocycles. The standard InChI is InChI=1S/C19H22ClN3O2/c1-25-18-7-3-6-17(13-18)21-19(24)23-10-8-22(9-11-23)14-15-4-2-5-16(20)12-15/h2-7,12-13H,8-11,14H2,1H3,(H,21,24). The van der Waals surface area contributed by atoms with E-state index in [0.29, 0.717) is 13.1 Å². The fraction of sp³-hybridized carbons (Fsp3) is 0.316. The number of piperazine rings is 1. The lowest BCUT2D eigenvalue weighted by Gasteiger charge is -2.34. The normalized spacial score (nSPS) is 15.0. The molecule has 1 saturated heterocycles. The van der Waals surface area contributed by atoms with Gasteiger partial charge in [0.15, 0.2) is 0 Å². The number of rotatable bonds is 4. The Morgan fingerprint density at radius 2 is 1.88 bits per heavy atom. The Bertz CT molecular complexity index is 730. The third-order valence-corrected chi connectivity index (χ3v) is 4.51. The van der Waals surface area contributed by atoms with E-state index in [9.17, 15) is 4.79 Å². The smallest absolute Gasteiger partial charge is 0.321 e. The molecule has 1 aliphatic heterocycles. The largest absolute Gasteiger partial charge is 0.497 e. The molecule has 3 rings (SSSR count). The molecule has 0 bridgehead atoms. The van der Waals surface area contributed by atoms with Crippen LogP contribution in [0.4, 0.5) is 10.5 Å². The number of hydrogen-bond donors (Lipinski definition) is 1. The summed E-state index contributed by atoms with van der Waals surface area (Å²) >= 11 is 6.04. The van der Waals surface area contributed by atoms with Crippen LogP contribution in [0.3, 0.4) is 0 Å². The number of carbonyl (C=O) groups excluding carboxylic acids is 1. The zero-order valence-electron chi connectivity index (χ0n) is 14.2. The molecule has 2 aromatic carbocycles. The quantitative estimate of drug-likeness (QED) is 0.905. The number of nitrogens with zero attached hydrogens (tertiary/aromatic N) is 2. The molecule has 6 heteroatoms. The SMILES string of the molecule is COc1cccc(NC(=O)N2CCN(Cc3cccc(Cl)c3)CC2)c1. The summed E-state index contributed by atoms with van der Waals surface area (Å²) in [5, 5.41) is 3.69. The first-order chi connectivity index (χ1) is 12.1. The van der Waals surface area contributed by atoms with Crippen molar-refractivity contribution in [2.24, 2.45) is 0 Å². The Morgan fingerprint density at radius 1 is 1.12 bits per heavy atom. The van der Waals surface area contributed by atoms with Crippen LogP contribution >= 0.6 is 11.6 Å². The van der Waals surface area contributed by atoms with E-state index in [1.54, 1.807) is 7.11 Å². The predicted molar refractivity (Wildman–Crippen MR) is 100 cm³/mol. The molecule has 0 unspecified atom stereocenters. The van der Waals surface area contributed by atoms with Crippen molar-refractivity contribution in [3.63, 3.8) is 0 Å². The number of hydrogen-bond acceptors (Lipinski definition) is 3. The van der Waals surface area contributed by atoms with E-state index in [0.717, 1.165) is 36.1 Å². The molecule has 1 fully saturated rings. The lowest BCUT2D eigenvalue weighted by Crippen LogP contribution is -2.49. The van der Waals surface area contributed by atoms with Gasteiger partial charge in [-0.15, -0.1) is 0 Å². The van der Waals surface area contributed by atoms with Crippen LogP contribution in [0.25, 0.3) is 0 Å². The van der Waals surface area contributed by atoms with Crippen LogP contribution in [-0.2, 0) is 6.54 Å². The Labute approximate surface area is 153 Å². The van der Waals surface area contributed by atoms with Gasteiger partial charge in [-0.05, 0) is 29.8 Å². The van der Waals surface area contributed by atoms with Crippen molar-refractivity contribution in [2.45, 2.75) is 6.54 Å². The van der Waals surface area contributed by atoms with Crippen LogP contribution < -0.4 is 10.1 Å². The minimum absolute atomic E-state index is 0.0735. The van der Waals surface area contributed by atoms with Gasteiger partial charge in [-0.2, -0.15) is 0 Å². The fourth-order valence-electron chi connectivity index (χ4n) is 2.91. The zero-order chi connectivity index (χ0) is 17.6. The second kappa shape index (κ2) is 8.23. The highest BCUT2D eigenvalue weighted by molar-refractivity contribution is 6.30. The number of methoxy groups -OCH3 is 1. The minimum atomic E-state index is -0.0735. The van der Waals surface area contributed by atoms with Gasteiger partial charge < -0.3 is 15.0 Å². The first-order valence-electron chi connectivity index (χ1n) is 8.31. The third kappa shape index (κ3) is 4.87. The molecular weight excluding hydrogens is 338 g/mol. The van der Waals surface area contributed by atoms with E-state index in [1.165, 1.54) is 5.56 Å². The molecule has 0 aromatic heterocycles. The molecule has 2 amide bonds. The third-order valence-electron chi connectivity index (χ3n) is 4.28. The van der Waals surface area contributed by atoms with E-state index >= 15 is 0 Å². The zero-order valence-corrected chi connectivity index (χ0v) is 15.0. The Kier molecular flexibility index (Phi) is 5.79. The molecule has 0 saturated carbocycles. The highest BCUT2D eigenvalue weighted by Gasteiger charge is 2.21. The second-order valence-corrected chi connectivity index (χ2v) is 6.49. The summed E-state index contributed by atoms with van der Waals surface area (Å²) in [6.45, 7) is 3.95. The molecule has 2 aromatic rings. The molecule has 0 spiro atoms. The van der Waals surface area contributed by atoms with Gasteiger partial charge in [-0.1, -0.05) is 29.8 Å². The molecule has 1 aliphatic rings. The van der Waals surface area contributed by atoms with Gasteiger partial charge in [0.25, 0.3) is 0 Å². The van der Waals surface area contributed by atoms with Crippen LogP contribution in [-0.4, -0.2) is 49.1 Å². The average Bonchev–Trinajstić information content (AvgIpc) is 2.62. The van der Waals surface area contributed by atoms with E-state index in [2.05, 4.69) is 16.3 Å². The molecule has 0 atom stereocenters. The monoisotopic (exact) mass is 359 g/mol. The maximum Gasteiger partial charge on any atom is 0.321 e. The summed E-state index contributed by atoms with van der Waals surface area (Å²) in [7, 11) is 1.61. The van der Waals surface area contributed by atoms with Crippen molar-refractivity contribution in [1.82, 2.24) is 9.80 Å². The lowest BCUT2D eigenvalue weighted by atomic mass is 10.2. The number of amides is 2. The lowest BCUT2D eigenvalue weighted by molar-refractivity contribution is 0.143. The average molecular weight is 360 g/mol. The summed E-state index contributed by atoms with van der Waals surface area (Å²) in [6.07, 6.45) is 0. The van der Waals surface area contributed by atoms with E-state index in [-0.39, 0.29) is 6.03 Å². The van der Waals surface area contributed by atoms with Crippen molar-refractivity contribution >= 4 is 23.3 Å². The number of halogens is 1. The van der Waals surface area contributed by atoms with Crippen LogP contribution in [0.2, 0.25) is 5.02 Å². The molecule has 1 heterocycles. The van der Waals surface area contributed by atoms with E-state index in [1.807, 2.05) is 47.4 Å². The molecule has 5 nitrogen and oxygen atoms in total. The number of urea groups is 1. The number of carbonyl (C=O) groups is 1. The molecular formula is C19H22ClN3O2. The van der Waals surface area contributed by atoms with Crippen molar-refractivity contribution < 1.29 is 9.53 Å². The van der Waals surface area contributed by atoms with Crippen molar-refractivity contribution in [3.05, 3.63) is 59.1 Å². The first kappa shape index (κ1) is 17.6. The highest BCUT2D eigenvalue weighted by atomic mass is 35.5. The van der Waals surface area contributed by atoms with Crippen LogP contribution in [0, 0.1) is 0 Å². The Balaban J connectivity index is 1.50. The van der Waals surface area contributed by atoms with Gasteiger partial charge in [0.2, 0.25) is 0 Å². The van der Waals surface area contributed by atoms with Gasteiger partial charge >= 0.3 is 6.03 Å². The topological polar surface area (TPSA) is 44.8 Å². The summed E-state index contributed by atoms with van der Waals surface area (Å²) in [5.74, 6) is 0.726. The number of nitrogens with one attached hydrogen (secondary N) is 1. The molecule has 25 heavy (non-hydrogen) atoms. The number of benzene rings is 2. The molecule has 0 radical (unpaired) electrons. The van der Waals surface area contributed by atoms with Crippen molar-refractivity contribution in [2.75, 3.05) is 38.6 Å². The van der Waals surface area contributed by atoms with Crippen LogP contribution in [0.1, 0.15) is 5.56 Å². The summed E-state index contributed by atoms with van der Waals surface area (Å²) in [4.78, 5) is 16.6. The maximum atomic E-state index is 12.4. The Morgan fingerprint density at radius 3 is 2.60 bits per heavy atom. The molecule has 1 N–H and O–H groups in total. The first-order valence-corrected chi connectivity index (χ1v) is 8.68. The van der Waals surface area contributed by atoms with Gasteiger partial charge in [0, 0.05) is 49.5 Å². The minimum Gasteiger partial charge on any atom is -0.497 e. The highest BCUT2D eigenvalue weighted by Crippen LogP contribution is 2.18. The number of anilines is 1. The van der Waals surface area contributed by atoms with Crippen molar-refractivity contribution in [3.8, 4) is 5.75 Å². The number of ether oxygens (including phenoxy) is 1. The summed E-state index contributed by atoms with van der Waals surface area (Å²) in [6, 6.07) is 15.2. The second-order valence-electron chi connectivity index (χ2n) is 6.06. The van der Waals surface area contributed by atoms with Gasteiger partial charge in [0.1, 0.15) is 5.75 Å². The van der Waals surface area contributed by atoms with Gasteiger partial charge in [0.05, 0.1) is 7.11 Å².